The summed E-state index contributed by atoms with van der Waals surface area (Å²) in [5.41, 5.74) is 0.349. The van der Waals surface area contributed by atoms with Gasteiger partial charge >= 0.3 is 12.1 Å². The second-order valence-electron chi connectivity index (χ2n) is 11.0. The molecule has 1 N–H and O–H groups in total. The van der Waals surface area contributed by atoms with Crippen molar-refractivity contribution in [3.63, 3.8) is 0 Å². The van der Waals surface area contributed by atoms with E-state index in [2.05, 4.69) is 22.2 Å². The summed E-state index contributed by atoms with van der Waals surface area (Å²) < 4.78 is 48.0. The molecule has 0 spiro atoms. The minimum atomic E-state index is -4.98. The Balaban J connectivity index is 1.21. The molecule has 1 amide bonds. The van der Waals surface area contributed by atoms with E-state index in [1.165, 1.54) is 17.7 Å². The number of carbonyl (C=O) groups is 2. The molecule has 1 saturated carbocycles. The van der Waals surface area contributed by atoms with Gasteiger partial charge in [-0.2, -0.15) is 18.3 Å². The van der Waals surface area contributed by atoms with Gasteiger partial charge in [-0.3, -0.25) is 4.79 Å². The molecule has 1 aliphatic carbocycles. The average molecular weight is 625 g/mol. The van der Waals surface area contributed by atoms with Crippen LogP contribution in [-0.4, -0.2) is 49.7 Å². The molecule has 1 atom stereocenters. The highest BCUT2D eigenvalue weighted by Crippen LogP contribution is 2.38. The summed E-state index contributed by atoms with van der Waals surface area (Å²) in [6.45, 7) is 1.73. The van der Waals surface area contributed by atoms with Gasteiger partial charge in [-0.25, -0.2) is 14.5 Å². The molecule has 0 radical (unpaired) electrons. The minimum absolute atomic E-state index is 0.174. The van der Waals surface area contributed by atoms with Crippen molar-refractivity contribution in [1.29, 1.82) is 0 Å². The normalized spacial score (nSPS) is 17.0. The first-order valence-corrected chi connectivity index (χ1v) is 14.6. The van der Waals surface area contributed by atoms with Crippen LogP contribution in [0.15, 0.2) is 66.9 Å². The van der Waals surface area contributed by atoms with Crippen molar-refractivity contribution in [2.75, 3.05) is 13.1 Å². The van der Waals surface area contributed by atoms with Crippen LogP contribution in [0.25, 0.3) is 17.1 Å². The fraction of sp³-hybridized carbons (Fsp3) is 0.312. The average Bonchev–Trinajstić information content (AvgIpc) is 3.76. The number of carboxylic acid groups (broad SMARTS) is 1. The zero-order chi connectivity index (χ0) is 31.0. The van der Waals surface area contributed by atoms with E-state index >= 15 is 0 Å². The number of ether oxygens (including phenoxy) is 1. The molecule has 1 aliphatic heterocycles. The summed E-state index contributed by atoms with van der Waals surface area (Å²) in [6.07, 6.45) is -0.319. The van der Waals surface area contributed by atoms with Gasteiger partial charge in [0.05, 0.1) is 16.9 Å². The van der Waals surface area contributed by atoms with Crippen LogP contribution < -0.4 is 4.74 Å². The van der Waals surface area contributed by atoms with Crippen LogP contribution in [0.1, 0.15) is 58.8 Å². The highest BCUT2D eigenvalue weighted by Gasteiger charge is 2.41. The van der Waals surface area contributed by atoms with Crippen LogP contribution in [0.5, 0.6) is 5.75 Å². The highest BCUT2D eigenvalue weighted by molar-refractivity contribution is 6.32. The number of aromatic nitrogens is 3. The van der Waals surface area contributed by atoms with Crippen LogP contribution in [0.2, 0.25) is 5.02 Å². The number of rotatable bonds is 8. The molecule has 1 saturated heterocycles. The van der Waals surface area contributed by atoms with Gasteiger partial charge in [0.25, 0.3) is 0 Å². The van der Waals surface area contributed by atoms with E-state index in [-0.39, 0.29) is 40.9 Å². The van der Waals surface area contributed by atoms with Crippen LogP contribution in [0.3, 0.4) is 0 Å². The molecule has 2 fully saturated rings. The maximum atomic E-state index is 13.8. The maximum Gasteiger partial charge on any atom is 0.434 e. The number of benzene rings is 2. The SMILES string of the molecule is O=C(O)c1cnn(-c2cccc(-c3cccc(Cl)c3OCc3ccc([C@@H]4CCCN(C(=O)C5CC5)C4)cc3)n2)c1C(F)(F)F. The number of nitrogens with zero attached hydrogens (tertiary/aromatic N) is 4. The molecule has 2 aliphatic rings. The van der Waals surface area contributed by atoms with Crippen molar-refractivity contribution in [1.82, 2.24) is 19.7 Å². The largest absolute Gasteiger partial charge is 0.487 e. The molecule has 12 heteroatoms. The third-order valence-corrected chi connectivity index (χ3v) is 8.25. The first-order chi connectivity index (χ1) is 21.1. The Labute approximate surface area is 256 Å². The summed E-state index contributed by atoms with van der Waals surface area (Å²) in [7, 11) is 0. The van der Waals surface area contributed by atoms with E-state index in [0.717, 1.165) is 44.3 Å². The Bertz CT molecular complexity index is 1700. The van der Waals surface area contributed by atoms with E-state index in [1.807, 2.05) is 17.0 Å². The van der Waals surface area contributed by atoms with Crippen LogP contribution in [0, 0.1) is 5.92 Å². The number of piperidine rings is 1. The zero-order valence-corrected chi connectivity index (χ0v) is 24.2. The molecule has 0 unspecified atom stereocenters. The number of alkyl halides is 3. The summed E-state index contributed by atoms with van der Waals surface area (Å²) in [4.78, 5) is 30.3. The second-order valence-corrected chi connectivity index (χ2v) is 11.5. The van der Waals surface area contributed by atoms with Crippen molar-refractivity contribution in [2.24, 2.45) is 5.92 Å². The van der Waals surface area contributed by atoms with Crippen molar-refractivity contribution >= 4 is 23.5 Å². The first kappa shape index (κ1) is 29.7. The fourth-order valence-electron chi connectivity index (χ4n) is 5.58. The lowest BCUT2D eigenvalue weighted by Crippen LogP contribution is -2.39. The lowest BCUT2D eigenvalue weighted by molar-refractivity contribution is -0.143. The summed E-state index contributed by atoms with van der Waals surface area (Å²) in [5.74, 6) is -0.882. The number of para-hydroxylation sites is 1. The molecule has 6 rings (SSSR count). The number of hydrogen-bond donors (Lipinski definition) is 1. The van der Waals surface area contributed by atoms with Crippen molar-refractivity contribution in [2.45, 2.75) is 44.4 Å². The number of carbonyl (C=O) groups excluding carboxylic acids is 1. The van der Waals surface area contributed by atoms with Crippen LogP contribution >= 0.6 is 11.6 Å². The molecule has 228 valence electrons. The number of amides is 1. The van der Waals surface area contributed by atoms with E-state index in [0.29, 0.717) is 22.2 Å². The lowest BCUT2D eigenvalue weighted by Gasteiger charge is -2.33. The van der Waals surface area contributed by atoms with Crippen molar-refractivity contribution in [3.8, 4) is 22.8 Å². The molecule has 2 aromatic carbocycles. The summed E-state index contributed by atoms with van der Waals surface area (Å²) >= 11 is 6.50. The highest BCUT2D eigenvalue weighted by atomic mass is 35.5. The Morgan fingerprint density at radius 2 is 1.77 bits per heavy atom. The van der Waals surface area contributed by atoms with Gasteiger partial charge in [0.2, 0.25) is 5.91 Å². The Kier molecular flexibility index (Phi) is 8.06. The third kappa shape index (κ3) is 6.14. The van der Waals surface area contributed by atoms with Gasteiger partial charge in [0.15, 0.2) is 11.5 Å². The van der Waals surface area contributed by atoms with Crippen LogP contribution in [0.4, 0.5) is 13.2 Å². The summed E-state index contributed by atoms with van der Waals surface area (Å²) in [5, 5.41) is 13.2. The standard InChI is InChI=1S/C32H28ClF3N4O4/c33-25-6-1-5-23(26-7-2-8-27(38-26)40-29(32(34,35)36)24(16-37-40)31(42)43)28(25)44-18-19-9-11-20(12-10-19)22-4-3-15-39(17-22)30(41)21-13-14-21/h1-2,5-12,16,21-22H,3-4,13-15,17-18H2,(H,42,43)/t22-/m1/s1. The molecule has 2 aromatic heterocycles. The van der Waals surface area contributed by atoms with E-state index in [4.69, 9.17) is 16.3 Å². The number of halogens is 4. The van der Waals surface area contributed by atoms with Gasteiger partial charge < -0.3 is 14.7 Å². The quantitative estimate of drug-likeness (QED) is 0.227. The van der Waals surface area contributed by atoms with Crippen molar-refractivity contribution < 1.29 is 32.6 Å². The van der Waals surface area contributed by atoms with Gasteiger partial charge in [0.1, 0.15) is 17.9 Å². The van der Waals surface area contributed by atoms with Crippen LogP contribution in [-0.2, 0) is 17.6 Å². The van der Waals surface area contributed by atoms with E-state index in [1.54, 1.807) is 24.3 Å². The van der Waals surface area contributed by atoms with Gasteiger partial charge in [0, 0.05) is 30.5 Å². The smallest absolute Gasteiger partial charge is 0.434 e. The third-order valence-electron chi connectivity index (χ3n) is 7.96. The number of pyridine rings is 1. The number of carboxylic acids is 1. The molecule has 8 nitrogen and oxygen atoms in total. The van der Waals surface area contributed by atoms with Gasteiger partial charge in [-0.15, -0.1) is 0 Å². The zero-order valence-electron chi connectivity index (χ0n) is 23.4. The second kappa shape index (κ2) is 12.0. The number of aromatic carboxylic acids is 1. The van der Waals surface area contributed by atoms with Gasteiger partial charge in [-0.1, -0.05) is 48.0 Å². The van der Waals surface area contributed by atoms with Crippen molar-refractivity contribution in [3.05, 3.63) is 94.3 Å². The lowest BCUT2D eigenvalue weighted by atomic mass is 9.90. The topological polar surface area (TPSA) is 97.5 Å². The Morgan fingerprint density at radius 3 is 2.48 bits per heavy atom. The molecule has 0 bridgehead atoms. The molecular weight excluding hydrogens is 597 g/mol. The maximum absolute atomic E-state index is 13.8. The minimum Gasteiger partial charge on any atom is -0.487 e. The monoisotopic (exact) mass is 624 g/mol. The van der Waals surface area contributed by atoms with E-state index in [9.17, 15) is 27.9 Å². The summed E-state index contributed by atoms with van der Waals surface area (Å²) in [6, 6.07) is 17.4. The predicted octanol–water partition coefficient (Wildman–Crippen LogP) is 7.00. The van der Waals surface area contributed by atoms with E-state index < -0.39 is 23.4 Å². The van der Waals surface area contributed by atoms with Gasteiger partial charge in [-0.05, 0) is 61.1 Å². The molecular formula is C32H28ClF3N4O4. The number of likely N-dealkylation sites (tertiary alicyclic amines) is 1. The Hall–Kier alpha value is -4.38. The predicted molar refractivity (Wildman–Crippen MR) is 156 cm³/mol. The number of hydrogen-bond acceptors (Lipinski definition) is 5. The first-order valence-electron chi connectivity index (χ1n) is 14.3. The Morgan fingerprint density at radius 1 is 1.02 bits per heavy atom. The molecule has 44 heavy (non-hydrogen) atoms. The molecule has 3 heterocycles. The molecule has 4 aromatic rings. The fourth-order valence-corrected chi connectivity index (χ4v) is 5.81.